The van der Waals surface area contributed by atoms with Gasteiger partial charge in [0.2, 0.25) is 0 Å². The van der Waals surface area contributed by atoms with Crippen LogP contribution in [0.5, 0.6) is 0 Å². The quantitative estimate of drug-likeness (QED) is 0.552. The van der Waals surface area contributed by atoms with Gasteiger partial charge in [-0.25, -0.2) is 0 Å². The van der Waals surface area contributed by atoms with E-state index in [4.69, 9.17) is 9.84 Å². The first-order valence-electron chi connectivity index (χ1n) is 5.26. The second-order valence-corrected chi connectivity index (χ2v) is 3.12. The van der Waals surface area contributed by atoms with Crippen LogP contribution in [0.2, 0.25) is 0 Å². The van der Waals surface area contributed by atoms with Crippen molar-refractivity contribution in [3.8, 4) is 0 Å². The summed E-state index contributed by atoms with van der Waals surface area (Å²) in [5.74, 6) is 0. The van der Waals surface area contributed by atoms with Crippen molar-refractivity contribution < 1.29 is 9.84 Å². The molecule has 0 aromatic rings. The zero-order valence-electron chi connectivity index (χ0n) is 8.96. The second-order valence-electron chi connectivity index (χ2n) is 3.12. The van der Waals surface area contributed by atoms with Gasteiger partial charge in [0.1, 0.15) is 0 Å². The van der Waals surface area contributed by atoms with E-state index in [1.54, 1.807) is 0 Å². The molecule has 0 amide bonds. The predicted octanol–water partition coefficient (Wildman–Crippen LogP) is 1.12. The Balaban J connectivity index is 3.41. The molecule has 0 aromatic carbocycles. The summed E-state index contributed by atoms with van der Waals surface area (Å²) in [7, 11) is 0. The van der Waals surface area contributed by atoms with Crippen LogP contribution in [0.1, 0.15) is 26.7 Å². The van der Waals surface area contributed by atoms with Gasteiger partial charge < -0.3 is 9.84 Å². The lowest BCUT2D eigenvalue weighted by molar-refractivity contribution is 0.103. The first kappa shape index (κ1) is 12.9. The molecule has 0 aromatic heterocycles. The summed E-state index contributed by atoms with van der Waals surface area (Å²) in [5.41, 5.74) is 0. The second kappa shape index (κ2) is 9.96. The maximum absolute atomic E-state index is 8.81. The van der Waals surface area contributed by atoms with Gasteiger partial charge in [0.05, 0.1) is 13.2 Å². The van der Waals surface area contributed by atoms with Crippen molar-refractivity contribution in [1.82, 2.24) is 4.90 Å². The minimum Gasteiger partial charge on any atom is -0.395 e. The number of unbranched alkanes of at least 4 members (excludes halogenated alkanes) is 1. The molecule has 0 fully saturated rings. The molecule has 0 saturated heterocycles. The van der Waals surface area contributed by atoms with Crippen molar-refractivity contribution in [1.29, 1.82) is 0 Å². The average Bonchev–Trinajstić information content (AvgIpc) is 2.14. The number of nitrogens with zero attached hydrogens (tertiary/aromatic N) is 1. The van der Waals surface area contributed by atoms with Gasteiger partial charge in [-0.3, -0.25) is 4.90 Å². The highest BCUT2D eigenvalue weighted by Gasteiger charge is 2.02. The van der Waals surface area contributed by atoms with E-state index in [1.807, 2.05) is 6.92 Å². The highest BCUT2D eigenvalue weighted by atomic mass is 16.5. The average molecular weight is 189 g/mol. The molecule has 0 aliphatic rings. The monoisotopic (exact) mass is 189 g/mol. The van der Waals surface area contributed by atoms with Gasteiger partial charge in [0.25, 0.3) is 0 Å². The van der Waals surface area contributed by atoms with E-state index in [-0.39, 0.29) is 6.61 Å². The van der Waals surface area contributed by atoms with Crippen LogP contribution in [0.25, 0.3) is 0 Å². The van der Waals surface area contributed by atoms with E-state index in [2.05, 4.69) is 11.8 Å². The molecule has 0 aliphatic heterocycles. The van der Waals surface area contributed by atoms with Crippen LogP contribution in [0.4, 0.5) is 0 Å². The highest BCUT2D eigenvalue weighted by molar-refractivity contribution is 4.56. The zero-order valence-corrected chi connectivity index (χ0v) is 8.96. The van der Waals surface area contributed by atoms with Crippen LogP contribution in [0.3, 0.4) is 0 Å². The lowest BCUT2D eigenvalue weighted by Crippen LogP contribution is -2.31. The van der Waals surface area contributed by atoms with Gasteiger partial charge in [0, 0.05) is 19.7 Å². The molecule has 0 unspecified atom stereocenters. The molecule has 0 heterocycles. The van der Waals surface area contributed by atoms with Gasteiger partial charge in [0.15, 0.2) is 0 Å². The largest absolute Gasteiger partial charge is 0.395 e. The predicted molar refractivity (Wildman–Crippen MR) is 54.9 cm³/mol. The lowest BCUT2D eigenvalue weighted by Gasteiger charge is -2.20. The summed E-state index contributed by atoms with van der Waals surface area (Å²) in [6, 6.07) is 0. The Morgan fingerprint density at radius 1 is 1.15 bits per heavy atom. The SMILES string of the molecule is CCCCN(CCO)CCOCC. The van der Waals surface area contributed by atoms with Crippen molar-refractivity contribution >= 4 is 0 Å². The van der Waals surface area contributed by atoms with Gasteiger partial charge in [-0.2, -0.15) is 0 Å². The molecule has 3 heteroatoms. The maximum Gasteiger partial charge on any atom is 0.0593 e. The molecule has 13 heavy (non-hydrogen) atoms. The van der Waals surface area contributed by atoms with Crippen molar-refractivity contribution in [2.24, 2.45) is 0 Å². The molecule has 0 bridgehead atoms. The third-order valence-corrected chi connectivity index (χ3v) is 2.00. The van der Waals surface area contributed by atoms with Gasteiger partial charge in [-0.05, 0) is 19.9 Å². The van der Waals surface area contributed by atoms with E-state index in [0.717, 1.165) is 32.8 Å². The molecular weight excluding hydrogens is 166 g/mol. The van der Waals surface area contributed by atoms with Crippen LogP contribution in [-0.4, -0.2) is 49.5 Å². The Morgan fingerprint density at radius 2 is 1.92 bits per heavy atom. The Kier molecular flexibility index (Phi) is 9.87. The van der Waals surface area contributed by atoms with Crippen LogP contribution in [0, 0.1) is 0 Å². The Hall–Kier alpha value is -0.120. The molecule has 80 valence electrons. The van der Waals surface area contributed by atoms with E-state index < -0.39 is 0 Å². The van der Waals surface area contributed by atoms with E-state index in [9.17, 15) is 0 Å². The first-order chi connectivity index (χ1) is 6.35. The third-order valence-electron chi connectivity index (χ3n) is 2.00. The third kappa shape index (κ3) is 8.22. The summed E-state index contributed by atoms with van der Waals surface area (Å²) in [6.45, 7) is 8.77. The van der Waals surface area contributed by atoms with Crippen molar-refractivity contribution in [3.05, 3.63) is 0 Å². The number of aliphatic hydroxyl groups excluding tert-OH is 1. The molecule has 0 radical (unpaired) electrons. The van der Waals surface area contributed by atoms with Gasteiger partial charge in [-0.1, -0.05) is 13.3 Å². The smallest absolute Gasteiger partial charge is 0.0593 e. The molecule has 1 N–H and O–H groups in total. The number of aliphatic hydroxyl groups is 1. The standard InChI is InChI=1S/C10H23NO2/c1-3-5-6-11(7-9-12)8-10-13-4-2/h12H,3-10H2,1-2H3. The summed E-state index contributed by atoms with van der Waals surface area (Å²) >= 11 is 0. The van der Waals surface area contributed by atoms with Gasteiger partial charge in [-0.15, -0.1) is 0 Å². The van der Waals surface area contributed by atoms with Crippen LogP contribution in [0.15, 0.2) is 0 Å². The first-order valence-corrected chi connectivity index (χ1v) is 5.26. The van der Waals surface area contributed by atoms with Crippen LogP contribution in [-0.2, 0) is 4.74 Å². The number of hydrogen-bond donors (Lipinski definition) is 1. The van der Waals surface area contributed by atoms with Crippen molar-refractivity contribution in [3.63, 3.8) is 0 Å². The maximum atomic E-state index is 8.81. The number of hydrogen-bond acceptors (Lipinski definition) is 3. The van der Waals surface area contributed by atoms with E-state index >= 15 is 0 Å². The Labute approximate surface area is 81.7 Å². The molecule has 0 spiro atoms. The molecule has 0 aliphatic carbocycles. The summed E-state index contributed by atoms with van der Waals surface area (Å²) in [5, 5.41) is 8.81. The minimum absolute atomic E-state index is 0.246. The van der Waals surface area contributed by atoms with Crippen molar-refractivity contribution in [2.45, 2.75) is 26.7 Å². The van der Waals surface area contributed by atoms with E-state index in [1.165, 1.54) is 12.8 Å². The summed E-state index contributed by atoms with van der Waals surface area (Å²) < 4.78 is 5.27. The lowest BCUT2D eigenvalue weighted by atomic mass is 10.3. The minimum atomic E-state index is 0.246. The topological polar surface area (TPSA) is 32.7 Å². The number of rotatable bonds is 9. The fourth-order valence-corrected chi connectivity index (χ4v) is 1.20. The fourth-order valence-electron chi connectivity index (χ4n) is 1.20. The molecule has 0 saturated carbocycles. The molecule has 3 nitrogen and oxygen atoms in total. The normalized spacial score (nSPS) is 11.1. The van der Waals surface area contributed by atoms with Gasteiger partial charge >= 0.3 is 0 Å². The van der Waals surface area contributed by atoms with Crippen LogP contribution < -0.4 is 0 Å². The zero-order chi connectivity index (χ0) is 9.94. The molecule has 0 rings (SSSR count). The Bertz CT molecular complexity index is 98.9. The van der Waals surface area contributed by atoms with E-state index in [0.29, 0.717) is 0 Å². The van der Waals surface area contributed by atoms with Crippen molar-refractivity contribution in [2.75, 3.05) is 39.5 Å². The summed E-state index contributed by atoms with van der Waals surface area (Å²) in [4.78, 5) is 2.25. The Morgan fingerprint density at radius 3 is 2.46 bits per heavy atom. The molecule has 0 atom stereocenters. The fraction of sp³-hybridized carbons (Fsp3) is 1.00. The number of ether oxygens (including phenoxy) is 1. The highest BCUT2D eigenvalue weighted by Crippen LogP contribution is 1.94. The molecular formula is C10H23NO2. The summed E-state index contributed by atoms with van der Waals surface area (Å²) in [6.07, 6.45) is 2.41. The van der Waals surface area contributed by atoms with Crippen LogP contribution >= 0.6 is 0 Å².